The lowest BCUT2D eigenvalue weighted by atomic mass is 9.80. The third-order valence-corrected chi connectivity index (χ3v) is 4.58. The molecule has 0 aromatic rings. The molecule has 1 saturated heterocycles. The lowest BCUT2D eigenvalue weighted by molar-refractivity contribution is -0.0747. The number of likely N-dealkylation sites (N-methyl/N-ethyl adjacent to an activating group) is 2. The maximum atomic E-state index is 6.36. The smallest absolute Gasteiger partial charge is 0.0782 e. The molecule has 1 heterocycles. The zero-order valence-corrected chi connectivity index (χ0v) is 15.3. The van der Waals surface area contributed by atoms with E-state index < -0.39 is 0 Å². The summed E-state index contributed by atoms with van der Waals surface area (Å²) < 4.78 is 11.8. The molecule has 132 valence electrons. The minimum Gasteiger partial charge on any atom is -0.378 e. The Hall–Kier alpha value is -0.200. The molecule has 0 bridgehead atoms. The maximum absolute atomic E-state index is 6.36. The van der Waals surface area contributed by atoms with Crippen LogP contribution in [0.1, 0.15) is 26.7 Å². The van der Waals surface area contributed by atoms with E-state index in [0.717, 1.165) is 26.2 Å². The van der Waals surface area contributed by atoms with Gasteiger partial charge in [-0.3, -0.25) is 0 Å². The highest BCUT2D eigenvalue weighted by Crippen LogP contribution is 2.28. The van der Waals surface area contributed by atoms with E-state index in [1.54, 1.807) is 0 Å². The van der Waals surface area contributed by atoms with E-state index >= 15 is 0 Å². The first kappa shape index (κ1) is 19.8. The summed E-state index contributed by atoms with van der Waals surface area (Å²) in [5.74, 6) is 1.17. The first-order chi connectivity index (χ1) is 10.5. The molecular formula is C17H37N3O2. The third-order valence-electron chi connectivity index (χ3n) is 4.58. The van der Waals surface area contributed by atoms with E-state index in [9.17, 15) is 0 Å². The molecule has 2 N–H and O–H groups in total. The number of hydrogen-bond acceptors (Lipinski definition) is 5. The highest BCUT2D eigenvalue weighted by atomic mass is 16.5. The van der Waals surface area contributed by atoms with E-state index in [1.807, 2.05) is 0 Å². The van der Waals surface area contributed by atoms with Crippen LogP contribution in [0.4, 0.5) is 0 Å². The average molecular weight is 316 g/mol. The largest absolute Gasteiger partial charge is 0.378 e. The number of rotatable bonds is 10. The zero-order chi connectivity index (χ0) is 16.5. The maximum Gasteiger partial charge on any atom is 0.0782 e. The van der Waals surface area contributed by atoms with Crippen molar-refractivity contribution in [1.82, 2.24) is 9.80 Å². The van der Waals surface area contributed by atoms with Crippen LogP contribution in [-0.2, 0) is 9.47 Å². The molecule has 5 heteroatoms. The second-order valence-corrected chi connectivity index (χ2v) is 7.07. The van der Waals surface area contributed by atoms with Crippen molar-refractivity contribution in [2.45, 2.75) is 38.8 Å². The molecule has 0 amide bonds. The van der Waals surface area contributed by atoms with Gasteiger partial charge in [0.2, 0.25) is 0 Å². The Labute approximate surface area is 137 Å². The van der Waals surface area contributed by atoms with Crippen LogP contribution in [0.2, 0.25) is 0 Å². The predicted molar refractivity (Wildman–Crippen MR) is 92.1 cm³/mol. The van der Waals surface area contributed by atoms with Crippen molar-refractivity contribution in [2.24, 2.45) is 17.6 Å². The van der Waals surface area contributed by atoms with E-state index in [4.69, 9.17) is 15.2 Å². The first-order valence-electron chi connectivity index (χ1n) is 8.73. The Morgan fingerprint density at radius 2 is 1.95 bits per heavy atom. The van der Waals surface area contributed by atoms with Crippen LogP contribution in [0.3, 0.4) is 0 Å². The summed E-state index contributed by atoms with van der Waals surface area (Å²) >= 11 is 0. The number of piperidine rings is 1. The van der Waals surface area contributed by atoms with Crippen LogP contribution in [0.5, 0.6) is 0 Å². The molecule has 0 aliphatic carbocycles. The SMILES string of the molecule is CCCC(C)C1CN(C)CC(N)C1OCCOCCN(C)C. The van der Waals surface area contributed by atoms with Crippen molar-refractivity contribution in [3.8, 4) is 0 Å². The van der Waals surface area contributed by atoms with Crippen LogP contribution in [0.25, 0.3) is 0 Å². The molecule has 1 aliphatic rings. The number of likely N-dealkylation sites (tertiary alicyclic amines) is 1. The molecule has 0 spiro atoms. The number of nitrogens with zero attached hydrogens (tertiary/aromatic N) is 2. The summed E-state index contributed by atoms with van der Waals surface area (Å²) in [4.78, 5) is 4.46. The Balaban J connectivity index is 2.38. The zero-order valence-electron chi connectivity index (χ0n) is 15.3. The van der Waals surface area contributed by atoms with Gasteiger partial charge in [0.05, 0.1) is 25.9 Å². The van der Waals surface area contributed by atoms with Crippen molar-refractivity contribution < 1.29 is 9.47 Å². The molecule has 4 atom stereocenters. The predicted octanol–water partition coefficient (Wildman–Crippen LogP) is 1.27. The van der Waals surface area contributed by atoms with Gasteiger partial charge < -0.3 is 25.0 Å². The Morgan fingerprint density at radius 3 is 2.59 bits per heavy atom. The molecule has 1 fully saturated rings. The van der Waals surface area contributed by atoms with Gasteiger partial charge in [-0.25, -0.2) is 0 Å². The van der Waals surface area contributed by atoms with Gasteiger partial charge in [0.15, 0.2) is 0 Å². The van der Waals surface area contributed by atoms with Crippen molar-refractivity contribution in [3.05, 3.63) is 0 Å². The topological polar surface area (TPSA) is 51.0 Å². The summed E-state index contributed by atoms with van der Waals surface area (Å²) in [5.41, 5.74) is 6.36. The molecule has 0 aromatic carbocycles. The monoisotopic (exact) mass is 315 g/mol. The van der Waals surface area contributed by atoms with Gasteiger partial charge in [-0.2, -0.15) is 0 Å². The van der Waals surface area contributed by atoms with Gasteiger partial charge in [-0.1, -0.05) is 26.7 Å². The van der Waals surface area contributed by atoms with Crippen molar-refractivity contribution in [1.29, 1.82) is 0 Å². The second kappa shape index (κ2) is 10.6. The van der Waals surface area contributed by atoms with Gasteiger partial charge in [-0.15, -0.1) is 0 Å². The fraction of sp³-hybridized carbons (Fsp3) is 1.00. The van der Waals surface area contributed by atoms with Gasteiger partial charge in [0.25, 0.3) is 0 Å². The van der Waals surface area contributed by atoms with E-state index in [1.165, 1.54) is 12.8 Å². The second-order valence-electron chi connectivity index (χ2n) is 7.07. The minimum atomic E-state index is 0.102. The van der Waals surface area contributed by atoms with Crippen LogP contribution >= 0.6 is 0 Å². The van der Waals surface area contributed by atoms with Crippen molar-refractivity contribution in [3.63, 3.8) is 0 Å². The summed E-state index contributed by atoms with van der Waals surface area (Å²) in [6.45, 7) is 9.59. The molecule has 1 aliphatic heterocycles. The average Bonchev–Trinajstić information content (AvgIpc) is 2.43. The summed E-state index contributed by atoms with van der Waals surface area (Å²) in [7, 11) is 6.26. The molecule has 0 radical (unpaired) electrons. The molecule has 22 heavy (non-hydrogen) atoms. The van der Waals surface area contributed by atoms with Gasteiger partial charge in [-0.05, 0) is 27.1 Å². The van der Waals surface area contributed by atoms with Gasteiger partial charge in [0.1, 0.15) is 0 Å². The minimum absolute atomic E-state index is 0.102. The fourth-order valence-corrected chi connectivity index (χ4v) is 3.33. The third kappa shape index (κ3) is 6.92. The normalized spacial score (nSPS) is 28.2. The van der Waals surface area contributed by atoms with Crippen molar-refractivity contribution >= 4 is 0 Å². The van der Waals surface area contributed by atoms with Gasteiger partial charge in [0, 0.05) is 31.6 Å². The van der Waals surface area contributed by atoms with E-state index in [-0.39, 0.29) is 12.1 Å². The van der Waals surface area contributed by atoms with Crippen LogP contribution in [0, 0.1) is 11.8 Å². The van der Waals surface area contributed by atoms with E-state index in [2.05, 4.69) is 44.8 Å². The Bertz CT molecular complexity index is 289. The van der Waals surface area contributed by atoms with E-state index in [0.29, 0.717) is 25.0 Å². The lowest BCUT2D eigenvalue weighted by Crippen LogP contribution is -2.57. The standard InChI is InChI=1S/C17H37N3O2/c1-6-7-14(2)15-12-20(5)13-16(18)17(15)22-11-10-21-9-8-19(3)4/h14-17H,6-13,18H2,1-5H3. The summed E-state index contributed by atoms with van der Waals surface area (Å²) in [6, 6.07) is 0.102. The molecule has 1 rings (SSSR count). The fourth-order valence-electron chi connectivity index (χ4n) is 3.33. The number of ether oxygens (including phenoxy) is 2. The summed E-state index contributed by atoms with van der Waals surface area (Å²) in [6.07, 6.45) is 2.62. The molecule has 0 saturated carbocycles. The molecule has 0 aromatic heterocycles. The summed E-state index contributed by atoms with van der Waals surface area (Å²) in [5, 5.41) is 0. The van der Waals surface area contributed by atoms with Crippen molar-refractivity contribution in [2.75, 3.05) is 60.6 Å². The quantitative estimate of drug-likeness (QED) is 0.615. The molecule has 5 nitrogen and oxygen atoms in total. The lowest BCUT2D eigenvalue weighted by Gasteiger charge is -2.43. The Kier molecular flexibility index (Phi) is 9.52. The highest BCUT2D eigenvalue weighted by molar-refractivity contribution is 4.91. The first-order valence-corrected chi connectivity index (χ1v) is 8.73. The van der Waals surface area contributed by atoms with Crippen LogP contribution in [0.15, 0.2) is 0 Å². The molecular weight excluding hydrogens is 278 g/mol. The van der Waals surface area contributed by atoms with Crippen LogP contribution in [-0.4, -0.2) is 82.5 Å². The molecule has 4 unspecified atom stereocenters. The number of hydrogen-bond donors (Lipinski definition) is 1. The highest BCUT2D eigenvalue weighted by Gasteiger charge is 2.37. The van der Waals surface area contributed by atoms with Gasteiger partial charge >= 0.3 is 0 Å². The number of nitrogens with two attached hydrogens (primary N) is 1. The Morgan fingerprint density at radius 1 is 1.23 bits per heavy atom. The van der Waals surface area contributed by atoms with Crippen LogP contribution < -0.4 is 5.73 Å².